The van der Waals surface area contributed by atoms with Gasteiger partial charge in [0.05, 0.1) is 22.6 Å². The minimum absolute atomic E-state index is 0.0143. The van der Waals surface area contributed by atoms with Gasteiger partial charge in [0.2, 0.25) is 0 Å². The molecule has 0 atom stereocenters. The lowest BCUT2D eigenvalue weighted by molar-refractivity contribution is -0.137. The fourth-order valence-corrected chi connectivity index (χ4v) is 4.09. The number of amides is 1. The highest BCUT2D eigenvalue weighted by atomic mass is 35.5. The first-order valence-electron chi connectivity index (χ1n) is 11.3. The Balaban J connectivity index is 1.79. The topological polar surface area (TPSA) is 37.3 Å². The third-order valence-corrected chi connectivity index (χ3v) is 6.01. The van der Waals surface area contributed by atoms with Gasteiger partial charge in [-0.05, 0) is 73.8 Å². The van der Waals surface area contributed by atoms with Crippen LogP contribution in [0, 0.1) is 0 Å². The van der Waals surface area contributed by atoms with Gasteiger partial charge in [0, 0.05) is 23.7 Å². The van der Waals surface area contributed by atoms with E-state index >= 15 is 0 Å². The first-order chi connectivity index (χ1) is 17.1. The predicted octanol–water partition coefficient (Wildman–Crippen LogP) is 6.77. The second-order valence-corrected chi connectivity index (χ2v) is 9.03. The van der Waals surface area contributed by atoms with Crippen LogP contribution >= 0.6 is 11.6 Å². The lowest BCUT2D eigenvalue weighted by atomic mass is 10.1. The summed E-state index contributed by atoms with van der Waals surface area (Å²) in [6.45, 7) is 1.22. The van der Waals surface area contributed by atoms with E-state index in [9.17, 15) is 18.0 Å². The van der Waals surface area contributed by atoms with E-state index in [-0.39, 0.29) is 11.6 Å². The fourth-order valence-electron chi connectivity index (χ4n) is 3.96. The molecule has 0 saturated heterocycles. The van der Waals surface area contributed by atoms with Crippen molar-refractivity contribution in [3.05, 3.63) is 101 Å². The molecular formula is C28H25ClF3N3O. The number of nitrogens with one attached hydrogen (secondary N) is 1. The van der Waals surface area contributed by atoms with Crippen LogP contribution in [0.5, 0.6) is 0 Å². The number of hydrogen-bond donors (Lipinski definition) is 1. The van der Waals surface area contributed by atoms with Gasteiger partial charge in [-0.25, -0.2) is 0 Å². The molecule has 0 aliphatic rings. The number of likely N-dealkylation sites (N-methyl/N-ethyl adjacent to an activating group) is 1. The van der Waals surface area contributed by atoms with Crippen LogP contribution in [0.1, 0.15) is 15.9 Å². The highest BCUT2D eigenvalue weighted by Crippen LogP contribution is 2.39. The molecule has 0 radical (unpaired) electrons. The molecule has 1 aromatic heterocycles. The molecule has 0 fully saturated rings. The molecule has 4 rings (SSSR count). The SMILES string of the molecule is CN(C)CCNC(=O)c1ccc(-c2ccc(-c3ccc(Cl)cc3)n2-c2ccccc2C(F)(F)F)cc1. The van der Waals surface area contributed by atoms with Crippen LogP contribution < -0.4 is 5.32 Å². The lowest BCUT2D eigenvalue weighted by Gasteiger charge is -2.19. The summed E-state index contributed by atoms with van der Waals surface area (Å²) in [5.74, 6) is -0.206. The Hall–Kier alpha value is -3.55. The van der Waals surface area contributed by atoms with Crippen molar-refractivity contribution in [2.24, 2.45) is 0 Å². The number of hydrogen-bond acceptors (Lipinski definition) is 2. The summed E-state index contributed by atoms with van der Waals surface area (Å²) in [5, 5.41) is 3.39. The highest BCUT2D eigenvalue weighted by Gasteiger charge is 2.34. The van der Waals surface area contributed by atoms with Crippen LogP contribution in [-0.4, -0.2) is 42.6 Å². The Kier molecular flexibility index (Phi) is 7.52. The summed E-state index contributed by atoms with van der Waals surface area (Å²) >= 11 is 6.04. The first-order valence-corrected chi connectivity index (χ1v) is 11.7. The number of para-hydroxylation sites is 1. The molecule has 0 unspecified atom stereocenters. The number of nitrogens with zero attached hydrogens (tertiary/aromatic N) is 2. The molecule has 4 nitrogen and oxygen atoms in total. The predicted molar refractivity (Wildman–Crippen MR) is 138 cm³/mol. The van der Waals surface area contributed by atoms with E-state index in [2.05, 4.69) is 5.32 Å². The third kappa shape index (κ3) is 5.64. The number of carbonyl (C=O) groups is 1. The largest absolute Gasteiger partial charge is 0.418 e. The molecule has 1 heterocycles. The maximum Gasteiger partial charge on any atom is 0.418 e. The Bertz CT molecular complexity index is 1340. The Morgan fingerprint density at radius 1 is 0.861 bits per heavy atom. The smallest absolute Gasteiger partial charge is 0.351 e. The number of carbonyl (C=O) groups excluding carboxylic acids is 1. The average Bonchev–Trinajstić information content (AvgIpc) is 3.29. The molecule has 8 heteroatoms. The van der Waals surface area contributed by atoms with Crippen molar-refractivity contribution >= 4 is 17.5 Å². The van der Waals surface area contributed by atoms with E-state index in [1.165, 1.54) is 12.1 Å². The Morgan fingerprint density at radius 3 is 1.97 bits per heavy atom. The molecule has 0 aliphatic heterocycles. The van der Waals surface area contributed by atoms with Crippen molar-refractivity contribution < 1.29 is 18.0 Å². The van der Waals surface area contributed by atoms with E-state index in [1.54, 1.807) is 71.3 Å². The molecule has 1 N–H and O–H groups in total. The summed E-state index contributed by atoms with van der Waals surface area (Å²) in [6, 6.07) is 22.8. The molecule has 0 spiro atoms. The van der Waals surface area contributed by atoms with Gasteiger partial charge in [0.25, 0.3) is 5.91 Å². The highest BCUT2D eigenvalue weighted by molar-refractivity contribution is 6.30. The molecule has 3 aromatic carbocycles. The summed E-state index contributed by atoms with van der Waals surface area (Å²) < 4.78 is 43.5. The first kappa shape index (κ1) is 25.5. The maximum absolute atomic E-state index is 14.0. The van der Waals surface area contributed by atoms with Crippen molar-refractivity contribution in [2.45, 2.75) is 6.18 Å². The minimum Gasteiger partial charge on any atom is -0.351 e. The van der Waals surface area contributed by atoms with Crippen molar-refractivity contribution in [1.29, 1.82) is 0 Å². The second kappa shape index (κ2) is 10.6. The quantitative estimate of drug-likeness (QED) is 0.297. The van der Waals surface area contributed by atoms with Crippen LogP contribution in [0.25, 0.3) is 28.2 Å². The van der Waals surface area contributed by atoms with Crippen LogP contribution in [0.2, 0.25) is 5.02 Å². The van der Waals surface area contributed by atoms with Gasteiger partial charge in [-0.15, -0.1) is 0 Å². The number of benzene rings is 3. The van der Waals surface area contributed by atoms with E-state index in [4.69, 9.17) is 11.6 Å². The zero-order chi connectivity index (χ0) is 25.9. The zero-order valence-corrected chi connectivity index (χ0v) is 20.6. The van der Waals surface area contributed by atoms with Gasteiger partial charge in [0.15, 0.2) is 0 Å². The van der Waals surface area contributed by atoms with Gasteiger partial charge in [-0.2, -0.15) is 13.2 Å². The molecule has 1 amide bonds. The summed E-state index contributed by atoms with van der Waals surface area (Å²) in [4.78, 5) is 14.4. The fraction of sp³-hybridized carbons (Fsp3) is 0.179. The molecule has 186 valence electrons. The molecule has 0 bridgehead atoms. The van der Waals surface area contributed by atoms with Gasteiger partial charge in [-0.3, -0.25) is 4.79 Å². The van der Waals surface area contributed by atoms with Crippen LogP contribution in [0.15, 0.2) is 84.9 Å². The molecular weight excluding hydrogens is 487 g/mol. The van der Waals surface area contributed by atoms with Gasteiger partial charge >= 0.3 is 6.18 Å². The van der Waals surface area contributed by atoms with Gasteiger partial charge < -0.3 is 14.8 Å². The molecule has 0 saturated carbocycles. The number of halogens is 4. The second-order valence-electron chi connectivity index (χ2n) is 8.60. The van der Waals surface area contributed by atoms with E-state index in [0.29, 0.717) is 40.6 Å². The number of alkyl halides is 3. The Morgan fingerprint density at radius 2 is 1.42 bits per heavy atom. The third-order valence-electron chi connectivity index (χ3n) is 5.76. The Labute approximate surface area is 212 Å². The van der Waals surface area contributed by atoms with Crippen molar-refractivity contribution in [1.82, 2.24) is 14.8 Å². The summed E-state index contributed by atoms with van der Waals surface area (Å²) in [5.41, 5.74) is 2.30. The van der Waals surface area contributed by atoms with Crippen molar-refractivity contribution in [3.8, 4) is 28.2 Å². The normalized spacial score (nSPS) is 11.6. The lowest BCUT2D eigenvalue weighted by Crippen LogP contribution is -2.31. The van der Waals surface area contributed by atoms with Gasteiger partial charge in [-0.1, -0.05) is 48.0 Å². The van der Waals surface area contributed by atoms with Crippen LogP contribution in [-0.2, 0) is 6.18 Å². The minimum atomic E-state index is -4.54. The van der Waals surface area contributed by atoms with Crippen LogP contribution in [0.3, 0.4) is 0 Å². The molecule has 0 aliphatic carbocycles. The van der Waals surface area contributed by atoms with E-state index in [0.717, 1.165) is 11.6 Å². The standard InChI is InChI=1S/C28H25ClF3N3O/c1-34(2)18-17-33-27(36)21-9-7-19(8-10-21)24-15-16-25(20-11-13-22(29)14-12-20)35(24)26-6-4-3-5-23(26)28(30,31)32/h3-16H,17-18H2,1-2H3,(H,33,36). The van der Waals surface area contributed by atoms with Crippen molar-refractivity contribution in [3.63, 3.8) is 0 Å². The van der Waals surface area contributed by atoms with E-state index < -0.39 is 11.7 Å². The average molecular weight is 512 g/mol. The molecule has 4 aromatic rings. The summed E-state index contributed by atoms with van der Waals surface area (Å²) in [6.07, 6.45) is -4.54. The van der Waals surface area contributed by atoms with Gasteiger partial charge in [0.1, 0.15) is 0 Å². The molecule has 36 heavy (non-hydrogen) atoms. The monoisotopic (exact) mass is 511 g/mol. The zero-order valence-electron chi connectivity index (χ0n) is 19.8. The van der Waals surface area contributed by atoms with Crippen molar-refractivity contribution in [2.75, 3.05) is 27.2 Å². The number of aromatic nitrogens is 1. The summed E-state index contributed by atoms with van der Waals surface area (Å²) in [7, 11) is 3.84. The van der Waals surface area contributed by atoms with Crippen LogP contribution in [0.4, 0.5) is 13.2 Å². The van der Waals surface area contributed by atoms with E-state index in [1.807, 2.05) is 19.0 Å². The maximum atomic E-state index is 14.0. The number of rotatable bonds is 7.